The van der Waals surface area contributed by atoms with Crippen LogP contribution < -0.4 is 5.32 Å². The molecule has 0 heterocycles. The monoisotopic (exact) mass is 463 g/mol. The van der Waals surface area contributed by atoms with Crippen LogP contribution in [0.4, 0.5) is 13.2 Å². The lowest BCUT2D eigenvalue weighted by molar-refractivity contribution is -0.146. The van der Waals surface area contributed by atoms with Gasteiger partial charge in [-0.1, -0.05) is 25.1 Å². The maximum Gasteiger partial charge on any atom is 0.416 e. The van der Waals surface area contributed by atoms with Crippen LogP contribution in [0, 0.1) is 5.92 Å². The third kappa shape index (κ3) is 5.74. The zero-order valence-corrected chi connectivity index (χ0v) is 18.4. The Morgan fingerprint density at radius 1 is 1.12 bits per heavy atom. The molecule has 1 amide bonds. The minimum atomic E-state index is -4.51. The molecule has 3 rings (SSSR count). The summed E-state index contributed by atoms with van der Waals surface area (Å²) in [6, 6.07) is 9.55. The zero-order valence-electron chi connectivity index (χ0n) is 18.4. The summed E-state index contributed by atoms with van der Waals surface area (Å²) in [5, 5.41) is 21.7. The van der Waals surface area contributed by atoms with Crippen LogP contribution in [0.15, 0.2) is 42.5 Å². The summed E-state index contributed by atoms with van der Waals surface area (Å²) >= 11 is 0. The number of amides is 1. The average Bonchev–Trinajstić information content (AvgIpc) is 2.78. The first-order valence-electron chi connectivity index (χ1n) is 11.0. The maximum atomic E-state index is 13.2. The number of hydrogen-bond acceptors (Lipinski definition) is 3. The number of carboxylic acids is 1. The van der Waals surface area contributed by atoms with Gasteiger partial charge in [0, 0.05) is 12.2 Å². The Hall–Kier alpha value is -2.87. The van der Waals surface area contributed by atoms with Gasteiger partial charge in [0.1, 0.15) is 5.54 Å². The summed E-state index contributed by atoms with van der Waals surface area (Å²) in [5.74, 6) is -1.28. The number of hydrogen-bond donors (Lipinski definition) is 3. The van der Waals surface area contributed by atoms with Crippen molar-refractivity contribution >= 4 is 11.9 Å². The molecule has 0 spiro atoms. The Labute approximate surface area is 190 Å². The van der Waals surface area contributed by atoms with Crippen LogP contribution in [0.1, 0.15) is 60.5 Å². The summed E-state index contributed by atoms with van der Waals surface area (Å²) in [6.07, 6.45) is -1.67. The van der Waals surface area contributed by atoms with E-state index < -0.39 is 29.2 Å². The third-order valence-electron chi connectivity index (χ3n) is 6.37. The minimum Gasteiger partial charge on any atom is -0.480 e. The third-order valence-corrected chi connectivity index (χ3v) is 6.37. The Morgan fingerprint density at radius 2 is 1.82 bits per heavy atom. The number of aliphatic hydroxyl groups excluding tert-OH is 1. The summed E-state index contributed by atoms with van der Waals surface area (Å²) in [7, 11) is 0. The van der Waals surface area contributed by atoms with Crippen molar-refractivity contribution in [3.63, 3.8) is 0 Å². The van der Waals surface area contributed by atoms with Crippen LogP contribution in [0.5, 0.6) is 0 Å². The number of aliphatic carboxylic acids is 1. The highest BCUT2D eigenvalue weighted by atomic mass is 19.4. The second-order valence-electron chi connectivity index (χ2n) is 8.80. The number of halogens is 3. The van der Waals surface area contributed by atoms with Crippen LogP contribution in [0.2, 0.25) is 0 Å². The molecule has 1 aliphatic rings. The molecule has 0 bridgehead atoms. The van der Waals surface area contributed by atoms with Gasteiger partial charge in [-0.05, 0) is 85.4 Å². The molecule has 2 aromatic carbocycles. The van der Waals surface area contributed by atoms with E-state index >= 15 is 0 Å². The van der Waals surface area contributed by atoms with E-state index in [9.17, 15) is 33.0 Å². The fourth-order valence-electron chi connectivity index (χ4n) is 4.27. The second kappa shape index (κ2) is 9.95. The number of nitrogens with one attached hydrogen (secondary N) is 1. The minimum absolute atomic E-state index is 0.0795. The predicted octanol–water partition coefficient (Wildman–Crippen LogP) is 5.06. The van der Waals surface area contributed by atoms with Crippen molar-refractivity contribution in [1.82, 2.24) is 5.32 Å². The molecule has 0 atom stereocenters. The standard InChI is InChI=1S/C25H28F3NO4/c1-16-9-11-24(12-10-16,23(32)33)29-22(31)19-8-7-17(5-3-13-30)21(15-19)18-4-2-6-20(14-18)25(26,27)28/h2,4,6-8,14-16,30H,3,5,9-13H2,1H3,(H,29,31)(H,32,33)/t16-,24+. The first kappa shape index (κ1) is 24.8. The molecule has 178 valence electrons. The van der Waals surface area contributed by atoms with Crippen molar-refractivity contribution in [3.05, 3.63) is 59.2 Å². The van der Waals surface area contributed by atoms with Gasteiger partial charge in [0.15, 0.2) is 0 Å². The molecule has 5 nitrogen and oxygen atoms in total. The number of carbonyl (C=O) groups is 2. The van der Waals surface area contributed by atoms with Crippen molar-refractivity contribution in [2.24, 2.45) is 5.92 Å². The first-order chi connectivity index (χ1) is 15.6. The van der Waals surface area contributed by atoms with Crippen molar-refractivity contribution in [1.29, 1.82) is 0 Å². The smallest absolute Gasteiger partial charge is 0.416 e. The molecule has 0 saturated heterocycles. The average molecular weight is 463 g/mol. The Morgan fingerprint density at radius 3 is 2.42 bits per heavy atom. The lowest BCUT2D eigenvalue weighted by Crippen LogP contribution is -2.56. The van der Waals surface area contributed by atoms with Crippen LogP contribution in [-0.2, 0) is 17.4 Å². The number of aliphatic hydroxyl groups is 1. The summed E-state index contributed by atoms with van der Waals surface area (Å²) < 4.78 is 39.7. The molecule has 0 aromatic heterocycles. The van der Waals surface area contributed by atoms with Crippen molar-refractivity contribution in [2.45, 2.75) is 57.2 Å². The summed E-state index contributed by atoms with van der Waals surface area (Å²) in [6.45, 7) is 1.96. The predicted molar refractivity (Wildman–Crippen MR) is 118 cm³/mol. The van der Waals surface area contributed by atoms with Crippen LogP contribution in [0.3, 0.4) is 0 Å². The Kier molecular flexibility index (Phi) is 7.47. The molecular weight excluding hydrogens is 435 g/mol. The van der Waals surface area contributed by atoms with Gasteiger partial charge >= 0.3 is 12.1 Å². The fourth-order valence-corrected chi connectivity index (χ4v) is 4.27. The highest BCUT2D eigenvalue weighted by molar-refractivity contribution is 5.99. The summed E-state index contributed by atoms with van der Waals surface area (Å²) in [4.78, 5) is 25.0. The number of alkyl halides is 3. The topological polar surface area (TPSA) is 86.6 Å². The molecule has 1 aliphatic carbocycles. The van der Waals surface area contributed by atoms with E-state index in [1.807, 2.05) is 6.92 Å². The number of benzene rings is 2. The largest absolute Gasteiger partial charge is 0.480 e. The number of carboxylic acid groups (broad SMARTS) is 1. The quantitative estimate of drug-likeness (QED) is 0.536. The van der Waals surface area contributed by atoms with Gasteiger partial charge in [0.05, 0.1) is 5.56 Å². The van der Waals surface area contributed by atoms with Gasteiger partial charge in [-0.2, -0.15) is 13.2 Å². The van der Waals surface area contributed by atoms with Crippen LogP contribution in [0.25, 0.3) is 11.1 Å². The van der Waals surface area contributed by atoms with Gasteiger partial charge in [-0.3, -0.25) is 4.79 Å². The zero-order chi connectivity index (χ0) is 24.2. The van der Waals surface area contributed by atoms with E-state index in [0.717, 1.165) is 12.1 Å². The maximum absolute atomic E-state index is 13.2. The molecule has 0 unspecified atom stereocenters. The van der Waals surface area contributed by atoms with Crippen molar-refractivity contribution in [2.75, 3.05) is 6.61 Å². The van der Waals surface area contributed by atoms with Gasteiger partial charge in [0.25, 0.3) is 5.91 Å². The highest BCUT2D eigenvalue weighted by Crippen LogP contribution is 2.35. The SMILES string of the molecule is C[C@H]1CC[C@](NC(=O)c2ccc(CCCO)c(-c3cccc(C(F)(F)F)c3)c2)(C(=O)O)CC1. The van der Waals surface area contributed by atoms with Gasteiger partial charge in [-0.25, -0.2) is 4.79 Å². The number of aryl methyl sites for hydroxylation is 1. The molecule has 33 heavy (non-hydrogen) atoms. The molecule has 2 aromatic rings. The van der Waals surface area contributed by atoms with E-state index in [0.29, 0.717) is 61.1 Å². The summed E-state index contributed by atoms with van der Waals surface area (Å²) in [5.41, 5.74) is -0.538. The van der Waals surface area contributed by atoms with Gasteiger partial charge in [-0.15, -0.1) is 0 Å². The molecule has 8 heteroatoms. The molecule has 1 fully saturated rings. The number of carbonyl (C=O) groups excluding carboxylic acids is 1. The molecular formula is C25H28F3NO4. The molecule has 1 saturated carbocycles. The second-order valence-corrected chi connectivity index (χ2v) is 8.80. The van der Waals surface area contributed by atoms with E-state index in [4.69, 9.17) is 0 Å². The molecule has 3 N–H and O–H groups in total. The van der Waals surface area contributed by atoms with Crippen molar-refractivity contribution < 1.29 is 33.0 Å². The van der Waals surface area contributed by atoms with Crippen LogP contribution >= 0.6 is 0 Å². The van der Waals surface area contributed by atoms with E-state index in [1.165, 1.54) is 18.2 Å². The highest BCUT2D eigenvalue weighted by Gasteiger charge is 2.42. The Balaban J connectivity index is 1.97. The fraction of sp³-hybridized carbons (Fsp3) is 0.440. The molecule has 0 radical (unpaired) electrons. The van der Waals surface area contributed by atoms with Gasteiger partial charge in [0.2, 0.25) is 0 Å². The normalized spacial score (nSPS) is 20.9. The number of rotatable bonds is 7. The lowest BCUT2D eigenvalue weighted by atomic mass is 9.77. The molecule has 0 aliphatic heterocycles. The van der Waals surface area contributed by atoms with Crippen LogP contribution in [-0.4, -0.2) is 34.2 Å². The Bertz CT molecular complexity index is 1010. The lowest BCUT2D eigenvalue weighted by Gasteiger charge is -2.36. The van der Waals surface area contributed by atoms with E-state index in [1.54, 1.807) is 12.1 Å². The van der Waals surface area contributed by atoms with E-state index in [-0.39, 0.29) is 12.2 Å². The first-order valence-corrected chi connectivity index (χ1v) is 11.0. The van der Waals surface area contributed by atoms with Crippen molar-refractivity contribution in [3.8, 4) is 11.1 Å². The van der Waals surface area contributed by atoms with Gasteiger partial charge < -0.3 is 15.5 Å². The van der Waals surface area contributed by atoms with E-state index in [2.05, 4.69) is 5.32 Å².